The lowest BCUT2D eigenvalue weighted by molar-refractivity contribution is -0.140. The van der Waals surface area contributed by atoms with E-state index in [9.17, 15) is 9.59 Å². The van der Waals surface area contributed by atoms with Gasteiger partial charge in [-0.3, -0.25) is 9.59 Å². The fraction of sp³-hybridized carbons (Fsp3) is 0.818. The molecular weight excluding hydrogens is 242 g/mol. The van der Waals surface area contributed by atoms with E-state index < -0.39 is 11.9 Å². The summed E-state index contributed by atoms with van der Waals surface area (Å²) in [7, 11) is 0. The van der Waals surface area contributed by atoms with E-state index in [1.165, 1.54) is 4.90 Å². The van der Waals surface area contributed by atoms with E-state index in [4.69, 9.17) is 11.5 Å². The number of amides is 2. The van der Waals surface area contributed by atoms with Gasteiger partial charge in [0.25, 0.3) is 0 Å². The zero-order valence-electron chi connectivity index (χ0n) is 11.2. The van der Waals surface area contributed by atoms with E-state index in [2.05, 4.69) is 0 Å². The van der Waals surface area contributed by atoms with Crippen LogP contribution in [0.2, 0.25) is 0 Å². The Balaban J connectivity index is 0. The zero-order chi connectivity index (χ0) is 13.1. The van der Waals surface area contributed by atoms with E-state index in [1.54, 1.807) is 0 Å². The van der Waals surface area contributed by atoms with Crippen LogP contribution in [0.4, 0.5) is 0 Å². The summed E-state index contributed by atoms with van der Waals surface area (Å²) in [5.41, 5.74) is 10.6. The van der Waals surface area contributed by atoms with Crippen LogP contribution >= 0.6 is 12.4 Å². The van der Waals surface area contributed by atoms with E-state index in [0.29, 0.717) is 0 Å². The molecule has 0 spiro atoms. The molecule has 4 N–H and O–H groups in total. The number of carbonyl (C=O) groups excluding carboxylic acids is 2. The van der Waals surface area contributed by atoms with Crippen LogP contribution in [0, 0.1) is 5.41 Å². The summed E-state index contributed by atoms with van der Waals surface area (Å²) in [6.45, 7) is 9.24. The highest BCUT2D eigenvalue weighted by molar-refractivity contribution is 5.87. The van der Waals surface area contributed by atoms with Gasteiger partial charge in [0.2, 0.25) is 11.8 Å². The van der Waals surface area contributed by atoms with Crippen molar-refractivity contribution in [1.29, 1.82) is 0 Å². The van der Waals surface area contributed by atoms with Crippen LogP contribution in [0.5, 0.6) is 0 Å². The maximum absolute atomic E-state index is 12.1. The lowest BCUT2D eigenvalue weighted by atomic mass is 9.86. The first kappa shape index (κ1) is 18.6. The Bertz CT molecular complexity index is 274. The molecule has 1 atom stereocenters. The quantitative estimate of drug-likeness (QED) is 0.776. The van der Waals surface area contributed by atoms with Crippen LogP contribution in [-0.2, 0) is 9.59 Å². The van der Waals surface area contributed by atoms with Gasteiger partial charge in [0.05, 0.1) is 12.6 Å². The number of nitrogens with two attached hydrogens (primary N) is 2. The van der Waals surface area contributed by atoms with Crippen molar-refractivity contribution < 1.29 is 9.59 Å². The first-order valence-corrected chi connectivity index (χ1v) is 5.41. The third-order valence-electron chi connectivity index (χ3n) is 2.43. The molecule has 0 aliphatic rings. The zero-order valence-corrected chi connectivity index (χ0v) is 12.0. The molecule has 0 rings (SSSR count). The summed E-state index contributed by atoms with van der Waals surface area (Å²) in [6.07, 6.45) is 0. The second-order valence-electron chi connectivity index (χ2n) is 5.37. The van der Waals surface area contributed by atoms with Gasteiger partial charge < -0.3 is 16.4 Å². The Morgan fingerprint density at radius 1 is 1.24 bits per heavy atom. The molecule has 0 aromatic carbocycles. The SMILES string of the molecule is CC(C)N(CC(N)=O)C(=O)[C@@H](N)C(C)(C)C.Cl. The average Bonchev–Trinajstić information content (AvgIpc) is 2.09. The highest BCUT2D eigenvalue weighted by Crippen LogP contribution is 2.19. The van der Waals surface area contributed by atoms with Crippen LogP contribution in [0.15, 0.2) is 0 Å². The van der Waals surface area contributed by atoms with Gasteiger partial charge in [-0.15, -0.1) is 12.4 Å². The summed E-state index contributed by atoms with van der Waals surface area (Å²) in [6, 6.07) is -0.720. The molecule has 0 heterocycles. The Hall–Kier alpha value is -0.810. The van der Waals surface area contributed by atoms with Crippen LogP contribution in [0.3, 0.4) is 0 Å². The average molecular weight is 266 g/mol. The minimum absolute atomic E-state index is 0. The van der Waals surface area contributed by atoms with Gasteiger partial charge in [-0.25, -0.2) is 0 Å². The second kappa shape index (κ2) is 6.81. The summed E-state index contributed by atoms with van der Waals surface area (Å²) >= 11 is 0. The maximum atomic E-state index is 12.1. The minimum atomic E-state index is -0.630. The van der Waals surface area contributed by atoms with Crippen molar-refractivity contribution in [3.63, 3.8) is 0 Å². The van der Waals surface area contributed by atoms with Crippen molar-refractivity contribution in [3.8, 4) is 0 Å². The van der Waals surface area contributed by atoms with Crippen molar-refractivity contribution in [2.24, 2.45) is 16.9 Å². The standard InChI is InChI=1S/C11H23N3O2.ClH/c1-7(2)14(6-8(12)15)10(16)9(13)11(3,4)5;/h7,9H,6,13H2,1-5H3,(H2,12,15);1H/t9-;/m1./s1. The largest absolute Gasteiger partial charge is 0.368 e. The van der Waals surface area contributed by atoms with Crippen LogP contribution in [0.25, 0.3) is 0 Å². The predicted molar refractivity (Wildman–Crippen MR) is 70.7 cm³/mol. The molecule has 102 valence electrons. The summed E-state index contributed by atoms with van der Waals surface area (Å²) in [5, 5.41) is 0. The first-order valence-electron chi connectivity index (χ1n) is 5.41. The smallest absolute Gasteiger partial charge is 0.240 e. The van der Waals surface area contributed by atoms with Crippen LogP contribution in [0.1, 0.15) is 34.6 Å². The number of nitrogens with zero attached hydrogens (tertiary/aromatic N) is 1. The molecule has 0 radical (unpaired) electrons. The Kier molecular flexibility index (Phi) is 7.43. The molecule has 0 saturated carbocycles. The van der Waals surface area contributed by atoms with Crippen molar-refractivity contribution in [2.45, 2.75) is 46.7 Å². The second-order valence-corrected chi connectivity index (χ2v) is 5.37. The molecule has 0 fully saturated rings. The van der Waals surface area contributed by atoms with Gasteiger partial charge in [0.1, 0.15) is 0 Å². The van der Waals surface area contributed by atoms with Crippen molar-refractivity contribution in [1.82, 2.24) is 4.90 Å². The number of carbonyl (C=O) groups is 2. The lowest BCUT2D eigenvalue weighted by Gasteiger charge is -2.33. The van der Waals surface area contributed by atoms with E-state index >= 15 is 0 Å². The van der Waals surface area contributed by atoms with Crippen LogP contribution in [-0.4, -0.2) is 35.3 Å². The molecule has 17 heavy (non-hydrogen) atoms. The molecule has 6 heteroatoms. The molecule has 5 nitrogen and oxygen atoms in total. The molecule has 0 aliphatic carbocycles. The van der Waals surface area contributed by atoms with Gasteiger partial charge in [0.15, 0.2) is 0 Å². The highest BCUT2D eigenvalue weighted by atomic mass is 35.5. The van der Waals surface area contributed by atoms with Crippen molar-refractivity contribution in [3.05, 3.63) is 0 Å². The Morgan fingerprint density at radius 2 is 1.65 bits per heavy atom. The van der Waals surface area contributed by atoms with E-state index in [-0.39, 0.29) is 36.3 Å². The summed E-state index contributed by atoms with van der Waals surface area (Å²) < 4.78 is 0. The fourth-order valence-corrected chi connectivity index (χ4v) is 1.23. The minimum Gasteiger partial charge on any atom is -0.368 e. The predicted octanol–water partition coefficient (Wildman–Crippen LogP) is 0.504. The monoisotopic (exact) mass is 265 g/mol. The first-order chi connectivity index (χ1) is 7.07. The van der Waals surface area contributed by atoms with Gasteiger partial charge in [-0.05, 0) is 19.3 Å². The molecule has 0 aromatic heterocycles. The van der Waals surface area contributed by atoms with Crippen LogP contribution < -0.4 is 11.5 Å². The normalized spacial score (nSPS) is 12.9. The topological polar surface area (TPSA) is 89.4 Å². The highest BCUT2D eigenvalue weighted by Gasteiger charge is 2.32. The van der Waals surface area contributed by atoms with E-state index in [1.807, 2.05) is 34.6 Å². The van der Waals surface area contributed by atoms with Gasteiger partial charge in [0, 0.05) is 6.04 Å². The molecule has 0 bridgehead atoms. The van der Waals surface area contributed by atoms with E-state index in [0.717, 1.165) is 0 Å². The number of hydrogen-bond acceptors (Lipinski definition) is 3. The summed E-state index contributed by atoms with van der Waals surface area (Å²) in [4.78, 5) is 24.4. The third-order valence-corrected chi connectivity index (χ3v) is 2.43. The summed E-state index contributed by atoms with van der Waals surface area (Å²) in [5.74, 6) is -0.760. The maximum Gasteiger partial charge on any atom is 0.240 e. The van der Waals surface area contributed by atoms with Crippen molar-refractivity contribution >= 4 is 24.2 Å². The molecule has 2 amide bonds. The Morgan fingerprint density at radius 3 is 1.88 bits per heavy atom. The number of hydrogen-bond donors (Lipinski definition) is 2. The molecule has 0 aliphatic heterocycles. The fourth-order valence-electron chi connectivity index (χ4n) is 1.23. The molecule has 0 aromatic rings. The van der Waals surface area contributed by atoms with Crippen molar-refractivity contribution in [2.75, 3.05) is 6.54 Å². The number of halogens is 1. The molecule has 0 unspecified atom stereocenters. The molecular formula is C11H24ClN3O2. The van der Waals surface area contributed by atoms with Gasteiger partial charge in [-0.1, -0.05) is 20.8 Å². The third kappa shape index (κ3) is 5.89. The molecule has 0 saturated heterocycles. The number of primary amides is 1. The lowest BCUT2D eigenvalue weighted by Crippen LogP contribution is -2.54. The number of rotatable bonds is 4. The van der Waals surface area contributed by atoms with Gasteiger partial charge >= 0.3 is 0 Å². The van der Waals surface area contributed by atoms with Gasteiger partial charge in [-0.2, -0.15) is 0 Å². The Labute approximate surface area is 109 Å².